The second-order valence-corrected chi connectivity index (χ2v) is 3.33. The molecule has 7 heteroatoms. The van der Waals surface area contributed by atoms with Crippen LogP contribution in [0, 0.1) is 0 Å². The first-order valence-electron chi connectivity index (χ1n) is 4.79. The average molecular weight is 232 g/mol. The van der Waals surface area contributed by atoms with Crippen molar-refractivity contribution in [1.29, 1.82) is 0 Å². The Morgan fingerprint density at radius 2 is 1.81 bits per heavy atom. The summed E-state index contributed by atoms with van der Waals surface area (Å²) in [5, 5.41) is 21.8. The maximum atomic E-state index is 11.4. The first-order chi connectivity index (χ1) is 7.38. The number of carboxylic acid groups (broad SMARTS) is 1. The summed E-state index contributed by atoms with van der Waals surface area (Å²) >= 11 is 0. The van der Waals surface area contributed by atoms with Crippen molar-refractivity contribution in [2.24, 2.45) is 0 Å². The molecule has 92 valence electrons. The zero-order valence-electron chi connectivity index (χ0n) is 9.19. The van der Waals surface area contributed by atoms with Gasteiger partial charge in [0.05, 0.1) is 0 Å². The Morgan fingerprint density at radius 3 is 2.19 bits per heavy atom. The van der Waals surface area contributed by atoms with Gasteiger partial charge in [-0.25, -0.2) is 4.79 Å². The minimum absolute atomic E-state index is 0.0755. The van der Waals surface area contributed by atoms with Crippen LogP contribution in [0.1, 0.15) is 20.3 Å². The summed E-state index contributed by atoms with van der Waals surface area (Å²) in [5.41, 5.74) is 0. The van der Waals surface area contributed by atoms with Gasteiger partial charge in [0.1, 0.15) is 12.1 Å². The fourth-order valence-corrected chi connectivity index (χ4v) is 1.05. The Labute approximate surface area is 92.8 Å². The molecule has 0 rings (SSSR count). The number of aliphatic carboxylic acids is 1. The van der Waals surface area contributed by atoms with Gasteiger partial charge in [-0.3, -0.25) is 9.59 Å². The molecule has 0 aliphatic rings. The number of hydrogen-bond acceptors (Lipinski definition) is 4. The maximum Gasteiger partial charge on any atom is 0.326 e. The summed E-state index contributed by atoms with van der Waals surface area (Å²) < 4.78 is 0. The first kappa shape index (κ1) is 14.4. The number of aliphatic hydroxyl groups excluding tert-OH is 1. The summed E-state index contributed by atoms with van der Waals surface area (Å²) in [4.78, 5) is 32.7. The van der Waals surface area contributed by atoms with E-state index in [4.69, 9.17) is 10.2 Å². The monoisotopic (exact) mass is 232 g/mol. The van der Waals surface area contributed by atoms with E-state index < -0.39 is 24.0 Å². The van der Waals surface area contributed by atoms with Crippen LogP contribution in [0.15, 0.2) is 0 Å². The average Bonchev–Trinajstić information content (AvgIpc) is 2.15. The number of nitrogens with one attached hydrogen (secondary N) is 2. The van der Waals surface area contributed by atoms with Gasteiger partial charge in [0.15, 0.2) is 0 Å². The van der Waals surface area contributed by atoms with Crippen molar-refractivity contribution < 1.29 is 24.6 Å². The van der Waals surface area contributed by atoms with Crippen LogP contribution in [0.25, 0.3) is 0 Å². The molecular formula is C9H16N2O5. The Kier molecular flexibility index (Phi) is 6.09. The third-order valence-electron chi connectivity index (χ3n) is 1.85. The highest BCUT2D eigenvalue weighted by molar-refractivity contribution is 5.89. The molecule has 0 aromatic rings. The molecule has 0 aromatic heterocycles. The van der Waals surface area contributed by atoms with E-state index in [0.717, 1.165) is 0 Å². The number of aliphatic hydroxyl groups is 1. The van der Waals surface area contributed by atoms with Crippen LogP contribution in [0.5, 0.6) is 0 Å². The Morgan fingerprint density at radius 1 is 1.25 bits per heavy atom. The minimum atomic E-state index is -1.22. The SMILES string of the molecule is CC(=O)NC(C)C(=O)N[C@@H](CCO)C(=O)O. The molecule has 2 atom stereocenters. The Bertz CT molecular complexity index is 279. The van der Waals surface area contributed by atoms with E-state index in [1.165, 1.54) is 13.8 Å². The van der Waals surface area contributed by atoms with Crippen LogP contribution in [0.4, 0.5) is 0 Å². The van der Waals surface area contributed by atoms with Crippen LogP contribution in [-0.4, -0.2) is 46.7 Å². The predicted octanol–water partition coefficient (Wildman–Crippen LogP) is -1.54. The van der Waals surface area contributed by atoms with Crippen molar-refractivity contribution in [2.45, 2.75) is 32.4 Å². The van der Waals surface area contributed by atoms with Gasteiger partial charge in [-0.05, 0) is 6.92 Å². The third-order valence-corrected chi connectivity index (χ3v) is 1.85. The minimum Gasteiger partial charge on any atom is -0.480 e. The van der Waals surface area contributed by atoms with Gasteiger partial charge < -0.3 is 20.8 Å². The van der Waals surface area contributed by atoms with E-state index in [0.29, 0.717) is 0 Å². The van der Waals surface area contributed by atoms with Gasteiger partial charge in [0.2, 0.25) is 11.8 Å². The second-order valence-electron chi connectivity index (χ2n) is 3.33. The highest BCUT2D eigenvalue weighted by Crippen LogP contribution is 1.93. The van der Waals surface area contributed by atoms with Crippen molar-refractivity contribution in [3.63, 3.8) is 0 Å². The lowest BCUT2D eigenvalue weighted by Crippen LogP contribution is -2.50. The van der Waals surface area contributed by atoms with Crippen LogP contribution < -0.4 is 10.6 Å². The zero-order chi connectivity index (χ0) is 12.7. The van der Waals surface area contributed by atoms with Crippen LogP contribution in [-0.2, 0) is 14.4 Å². The van der Waals surface area contributed by atoms with Gasteiger partial charge in [-0.2, -0.15) is 0 Å². The molecule has 16 heavy (non-hydrogen) atoms. The van der Waals surface area contributed by atoms with Crippen molar-refractivity contribution in [2.75, 3.05) is 6.61 Å². The fraction of sp³-hybridized carbons (Fsp3) is 0.667. The number of carbonyl (C=O) groups is 3. The fourth-order valence-electron chi connectivity index (χ4n) is 1.05. The second kappa shape index (κ2) is 6.78. The molecule has 4 N–H and O–H groups in total. The highest BCUT2D eigenvalue weighted by Gasteiger charge is 2.22. The molecule has 7 nitrogen and oxygen atoms in total. The quantitative estimate of drug-likeness (QED) is 0.443. The number of hydrogen-bond donors (Lipinski definition) is 4. The van der Waals surface area contributed by atoms with Crippen molar-refractivity contribution in [3.05, 3.63) is 0 Å². The molecule has 1 unspecified atom stereocenters. The Balaban J connectivity index is 4.28. The van der Waals surface area contributed by atoms with Gasteiger partial charge in [-0.15, -0.1) is 0 Å². The molecular weight excluding hydrogens is 216 g/mol. The van der Waals surface area contributed by atoms with Gasteiger partial charge in [-0.1, -0.05) is 0 Å². The zero-order valence-corrected chi connectivity index (χ0v) is 9.19. The number of rotatable bonds is 6. The van der Waals surface area contributed by atoms with Crippen LogP contribution >= 0.6 is 0 Å². The van der Waals surface area contributed by atoms with Crippen LogP contribution in [0.3, 0.4) is 0 Å². The van der Waals surface area contributed by atoms with E-state index >= 15 is 0 Å². The summed E-state index contributed by atoms with van der Waals surface area (Å²) in [7, 11) is 0. The molecule has 0 aliphatic heterocycles. The molecule has 0 spiro atoms. The van der Waals surface area contributed by atoms with E-state index in [-0.39, 0.29) is 18.9 Å². The van der Waals surface area contributed by atoms with E-state index in [9.17, 15) is 14.4 Å². The highest BCUT2D eigenvalue weighted by atomic mass is 16.4. The molecule has 0 fully saturated rings. The lowest BCUT2D eigenvalue weighted by molar-refractivity contribution is -0.142. The summed E-state index contributed by atoms with van der Waals surface area (Å²) in [5.74, 6) is -2.20. The number of carboxylic acids is 1. The standard InChI is InChI=1S/C9H16N2O5/c1-5(10-6(2)13)8(14)11-7(3-4-12)9(15)16/h5,7,12H,3-4H2,1-2H3,(H,10,13)(H,11,14)(H,15,16)/t5?,7-/m0/s1. The predicted molar refractivity (Wildman–Crippen MR) is 54.5 cm³/mol. The molecule has 0 saturated heterocycles. The molecule has 0 heterocycles. The van der Waals surface area contributed by atoms with E-state index in [2.05, 4.69) is 10.6 Å². The van der Waals surface area contributed by atoms with E-state index in [1.54, 1.807) is 0 Å². The smallest absolute Gasteiger partial charge is 0.326 e. The lowest BCUT2D eigenvalue weighted by atomic mass is 10.2. The van der Waals surface area contributed by atoms with Gasteiger partial charge in [0.25, 0.3) is 0 Å². The van der Waals surface area contributed by atoms with Gasteiger partial charge in [0, 0.05) is 20.0 Å². The molecule has 0 radical (unpaired) electrons. The molecule has 2 amide bonds. The normalized spacial score (nSPS) is 13.7. The first-order valence-corrected chi connectivity index (χ1v) is 4.79. The molecule has 0 aromatic carbocycles. The van der Waals surface area contributed by atoms with Crippen molar-refractivity contribution >= 4 is 17.8 Å². The molecule has 0 bridgehead atoms. The largest absolute Gasteiger partial charge is 0.480 e. The molecule has 0 saturated carbocycles. The molecule has 0 aliphatic carbocycles. The Hall–Kier alpha value is -1.63. The van der Waals surface area contributed by atoms with Crippen LogP contribution in [0.2, 0.25) is 0 Å². The summed E-state index contributed by atoms with van der Waals surface area (Å²) in [6.07, 6.45) is -0.0755. The summed E-state index contributed by atoms with van der Waals surface area (Å²) in [6, 6.07) is -1.95. The number of amides is 2. The third kappa shape index (κ3) is 5.30. The van der Waals surface area contributed by atoms with Crippen molar-refractivity contribution in [1.82, 2.24) is 10.6 Å². The van der Waals surface area contributed by atoms with Crippen molar-refractivity contribution in [3.8, 4) is 0 Å². The van der Waals surface area contributed by atoms with E-state index in [1.807, 2.05) is 0 Å². The van der Waals surface area contributed by atoms with Gasteiger partial charge >= 0.3 is 5.97 Å². The lowest BCUT2D eigenvalue weighted by Gasteiger charge is -2.17. The topological polar surface area (TPSA) is 116 Å². The maximum absolute atomic E-state index is 11.4. The number of carbonyl (C=O) groups excluding carboxylic acids is 2. The summed E-state index contributed by atoms with van der Waals surface area (Å²) in [6.45, 7) is 2.35.